The number of ether oxygens (including phenoxy) is 2. The van der Waals surface area contributed by atoms with E-state index in [2.05, 4.69) is 10.2 Å². The Morgan fingerprint density at radius 3 is 2.64 bits per heavy atom. The fourth-order valence-corrected chi connectivity index (χ4v) is 2.07. The van der Waals surface area contributed by atoms with Crippen LogP contribution in [0.5, 0.6) is 11.5 Å². The van der Waals surface area contributed by atoms with Crippen molar-refractivity contribution < 1.29 is 13.9 Å². The van der Waals surface area contributed by atoms with Gasteiger partial charge in [0, 0.05) is 11.6 Å². The third-order valence-electron chi connectivity index (χ3n) is 3.25. The van der Waals surface area contributed by atoms with Gasteiger partial charge in [0.2, 0.25) is 5.89 Å². The molecule has 5 nitrogen and oxygen atoms in total. The second kappa shape index (κ2) is 6.30. The first-order valence-electron chi connectivity index (χ1n) is 6.91. The molecule has 3 aromatic rings. The lowest BCUT2D eigenvalue weighted by Crippen LogP contribution is -1.96. The SMILES string of the molecule is COc1cccc(OCc2nnc(-c3ccccc3C)o2)c1. The van der Waals surface area contributed by atoms with E-state index in [9.17, 15) is 0 Å². The van der Waals surface area contributed by atoms with Crippen molar-refractivity contribution in [2.24, 2.45) is 0 Å². The molecule has 0 radical (unpaired) electrons. The highest BCUT2D eigenvalue weighted by atomic mass is 16.5. The van der Waals surface area contributed by atoms with Crippen molar-refractivity contribution in [2.45, 2.75) is 13.5 Å². The van der Waals surface area contributed by atoms with E-state index in [-0.39, 0.29) is 6.61 Å². The molecule has 1 aromatic heterocycles. The standard InChI is InChI=1S/C17H16N2O3/c1-12-6-3-4-9-15(12)17-19-18-16(22-17)11-21-14-8-5-7-13(10-14)20-2/h3-10H,11H2,1-2H3. The Hall–Kier alpha value is -2.82. The number of hydrogen-bond donors (Lipinski definition) is 0. The summed E-state index contributed by atoms with van der Waals surface area (Å²) in [6.07, 6.45) is 0. The van der Waals surface area contributed by atoms with Crippen LogP contribution >= 0.6 is 0 Å². The Bertz CT molecular complexity index is 768. The van der Waals surface area contributed by atoms with Crippen molar-refractivity contribution in [3.63, 3.8) is 0 Å². The first kappa shape index (κ1) is 14.1. The van der Waals surface area contributed by atoms with Crippen molar-refractivity contribution >= 4 is 0 Å². The van der Waals surface area contributed by atoms with E-state index in [1.165, 1.54) is 0 Å². The van der Waals surface area contributed by atoms with E-state index in [4.69, 9.17) is 13.9 Å². The molecule has 0 unspecified atom stereocenters. The minimum Gasteiger partial charge on any atom is -0.497 e. The van der Waals surface area contributed by atoms with Crippen molar-refractivity contribution in [3.05, 3.63) is 60.0 Å². The Labute approximate surface area is 128 Å². The zero-order chi connectivity index (χ0) is 15.4. The molecule has 0 spiro atoms. The van der Waals surface area contributed by atoms with Gasteiger partial charge in [-0.15, -0.1) is 10.2 Å². The van der Waals surface area contributed by atoms with Crippen LogP contribution < -0.4 is 9.47 Å². The third-order valence-corrected chi connectivity index (χ3v) is 3.25. The van der Waals surface area contributed by atoms with E-state index in [1.807, 2.05) is 49.4 Å². The van der Waals surface area contributed by atoms with Crippen LogP contribution in [-0.2, 0) is 6.61 Å². The Morgan fingerprint density at radius 2 is 1.82 bits per heavy atom. The minimum atomic E-state index is 0.214. The van der Waals surface area contributed by atoms with Gasteiger partial charge < -0.3 is 13.9 Å². The number of benzene rings is 2. The maximum Gasteiger partial charge on any atom is 0.254 e. The molecule has 0 saturated carbocycles. The summed E-state index contributed by atoms with van der Waals surface area (Å²) in [4.78, 5) is 0. The van der Waals surface area contributed by atoms with Gasteiger partial charge in [-0.05, 0) is 30.7 Å². The van der Waals surface area contributed by atoms with Crippen LogP contribution in [-0.4, -0.2) is 17.3 Å². The van der Waals surface area contributed by atoms with Crippen molar-refractivity contribution in [2.75, 3.05) is 7.11 Å². The zero-order valence-corrected chi connectivity index (χ0v) is 12.4. The highest BCUT2D eigenvalue weighted by molar-refractivity contribution is 5.57. The van der Waals surface area contributed by atoms with Gasteiger partial charge >= 0.3 is 0 Å². The molecule has 0 amide bonds. The molecule has 0 atom stereocenters. The quantitative estimate of drug-likeness (QED) is 0.719. The normalized spacial score (nSPS) is 10.5. The molecule has 0 aliphatic carbocycles. The summed E-state index contributed by atoms with van der Waals surface area (Å²) in [5, 5.41) is 8.09. The highest BCUT2D eigenvalue weighted by Crippen LogP contribution is 2.23. The van der Waals surface area contributed by atoms with Gasteiger partial charge in [0.15, 0.2) is 6.61 Å². The summed E-state index contributed by atoms with van der Waals surface area (Å²) in [6.45, 7) is 2.22. The van der Waals surface area contributed by atoms with Crippen LogP contribution in [0.25, 0.3) is 11.5 Å². The largest absolute Gasteiger partial charge is 0.497 e. The van der Waals surface area contributed by atoms with Crippen LogP contribution in [0.2, 0.25) is 0 Å². The average Bonchev–Trinajstić information content (AvgIpc) is 3.02. The number of hydrogen-bond acceptors (Lipinski definition) is 5. The second-order valence-corrected chi connectivity index (χ2v) is 4.78. The van der Waals surface area contributed by atoms with E-state index >= 15 is 0 Å². The molecule has 112 valence electrons. The molecule has 3 rings (SSSR count). The fraction of sp³-hybridized carbons (Fsp3) is 0.176. The number of aryl methyl sites for hydroxylation is 1. The number of rotatable bonds is 5. The van der Waals surface area contributed by atoms with Crippen molar-refractivity contribution in [1.82, 2.24) is 10.2 Å². The van der Waals surface area contributed by atoms with Gasteiger partial charge in [-0.2, -0.15) is 0 Å². The Kier molecular flexibility index (Phi) is 4.05. The minimum absolute atomic E-state index is 0.214. The van der Waals surface area contributed by atoms with Crippen LogP contribution in [0.3, 0.4) is 0 Å². The fourth-order valence-electron chi connectivity index (χ4n) is 2.07. The van der Waals surface area contributed by atoms with E-state index in [0.717, 1.165) is 16.9 Å². The van der Waals surface area contributed by atoms with Crippen molar-refractivity contribution in [1.29, 1.82) is 0 Å². The lowest BCUT2D eigenvalue weighted by molar-refractivity contribution is 0.263. The molecule has 22 heavy (non-hydrogen) atoms. The lowest BCUT2D eigenvalue weighted by Gasteiger charge is -2.05. The summed E-state index contributed by atoms with van der Waals surface area (Å²) < 4.78 is 16.4. The summed E-state index contributed by atoms with van der Waals surface area (Å²) >= 11 is 0. The molecule has 2 aromatic carbocycles. The molecular formula is C17H16N2O3. The first-order chi connectivity index (χ1) is 10.8. The maximum atomic E-state index is 5.65. The molecule has 5 heteroatoms. The molecule has 0 aliphatic rings. The van der Waals surface area contributed by atoms with Crippen LogP contribution in [0.4, 0.5) is 0 Å². The summed E-state index contributed by atoms with van der Waals surface area (Å²) in [6, 6.07) is 15.2. The third kappa shape index (κ3) is 3.09. The summed E-state index contributed by atoms with van der Waals surface area (Å²) in [5.74, 6) is 2.36. The van der Waals surface area contributed by atoms with Crippen molar-refractivity contribution in [3.8, 4) is 23.0 Å². The summed E-state index contributed by atoms with van der Waals surface area (Å²) in [7, 11) is 1.62. The van der Waals surface area contributed by atoms with Gasteiger partial charge in [0.05, 0.1) is 7.11 Å². The molecule has 0 aliphatic heterocycles. The maximum absolute atomic E-state index is 5.65. The highest BCUT2D eigenvalue weighted by Gasteiger charge is 2.11. The predicted octanol–water partition coefficient (Wildman–Crippen LogP) is 3.63. The van der Waals surface area contributed by atoms with Gasteiger partial charge in [0.1, 0.15) is 11.5 Å². The smallest absolute Gasteiger partial charge is 0.254 e. The first-order valence-corrected chi connectivity index (χ1v) is 6.91. The molecule has 0 bridgehead atoms. The van der Waals surface area contributed by atoms with Gasteiger partial charge in [-0.1, -0.05) is 24.3 Å². The molecule has 1 heterocycles. The van der Waals surface area contributed by atoms with Gasteiger partial charge in [0.25, 0.3) is 5.89 Å². The predicted molar refractivity (Wildman–Crippen MR) is 81.8 cm³/mol. The van der Waals surface area contributed by atoms with E-state index < -0.39 is 0 Å². The molecule has 0 N–H and O–H groups in total. The van der Waals surface area contributed by atoms with Gasteiger partial charge in [-0.3, -0.25) is 0 Å². The summed E-state index contributed by atoms with van der Waals surface area (Å²) in [5.41, 5.74) is 2.02. The topological polar surface area (TPSA) is 57.4 Å². The number of aromatic nitrogens is 2. The number of nitrogens with zero attached hydrogens (tertiary/aromatic N) is 2. The average molecular weight is 296 g/mol. The molecule has 0 saturated heterocycles. The Balaban J connectivity index is 1.71. The van der Waals surface area contributed by atoms with Crippen LogP contribution in [0.1, 0.15) is 11.5 Å². The second-order valence-electron chi connectivity index (χ2n) is 4.78. The Morgan fingerprint density at radius 1 is 1.00 bits per heavy atom. The molecule has 0 fully saturated rings. The van der Waals surface area contributed by atoms with Gasteiger partial charge in [-0.25, -0.2) is 0 Å². The number of methoxy groups -OCH3 is 1. The van der Waals surface area contributed by atoms with E-state index in [1.54, 1.807) is 13.2 Å². The van der Waals surface area contributed by atoms with Crippen LogP contribution in [0, 0.1) is 6.92 Å². The molecular weight excluding hydrogens is 280 g/mol. The van der Waals surface area contributed by atoms with Crippen LogP contribution in [0.15, 0.2) is 52.9 Å². The van der Waals surface area contributed by atoms with E-state index in [0.29, 0.717) is 17.5 Å². The monoisotopic (exact) mass is 296 g/mol. The zero-order valence-electron chi connectivity index (χ0n) is 12.4. The lowest BCUT2D eigenvalue weighted by atomic mass is 10.1.